The highest BCUT2D eigenvalue weighted by Gasteiger charge is 2.64. The maximum absolute atomic E-state index is 12.6. The van der Waals surface area contributed by atoms with Crippen molar-refractivity contribution in [3.8, 4) is 0 Å². The van der Waals surface area contributed by atoms with Gasteiger partial charge in [-0.15, -0.1) is 0 Å². The second kappa shape index (κ2) is 16.7. The van der Waals surface area contributed by atoms with E-state index in [4.69, 9.17) is 23.7 Å². The maximum atomic E-state index is 12.6. The zero-order chi connectivity index (χ0) is 44.5. The predicted octanol–water partition coefficient (Wildman–Crippen LogP) is 9.08. The molecule has 10 aliphatic carbocycles. The number of aliphatic hydroxyl groups is 1. The summed E-state index contributed by atoms with van der Waals surface area (Å²) < 4.78 is 28.0. The molecular formula is C50H78O11. The average Bonchev–Trinajstić information content (AvgIpc) is 3.83. The summed E-state index contributed by atoms with van der Waals surface area (Å²) in [7, 11) is 0. The molecule has 7 atom stereocenters. The molecule has 0 radical (unpaired) electrons. The van der Waals surface area contributed by atoms with Crippen LogP contribution in [0.15, 0.2) is 0 Å². The van der Waals surface area contributed by atoms with E-state index in [1.165, 1.54) is 38.5 Å². The van der Waals surface area contributed by atoms with E-state index < -0.39 is 28.4 Å². The van der Waals surface area contributed by atoms with Crippen molar-refractivity contribution in [3.63, 3.8) is 0 Å². The van der Waals surface area contributed by atoms with Crippen LogP contribution in [0.3, 0.4) is 0 Å². The molecule has 1 N–H and O–H groups in total. The Morgan fingerprint density at radius 2 is 1.18 bits per heavy atom. The van der Waals surface area contributed by atoms with Crippen LogP contribution < -0.4 is 0 Å². The molecule has 61 heavy (non-hydrogen) atoms. The zero-order valence-corrected chi connectivity index (χ0v) is 39.1. The van der Waals surface area contributed by atoms with Crippen LogP contribution in [0.25, 0.3) is 0 Å². The summed E-state index contributed by atoms with van der Waals surface area (Å²) in [6, 6.07) is 0. The Morgan fingerprint density at radius 3 is 1.69 bits per heavy atom. The van der Waals surface area contributed by atoms with Crippen molar-refractivity contribution in [3.05, 3.63) is 0 Å². The van der Waals surface area contributed by atoms with Gasteiger partial charge in [-0.2, -0.15) is 0 Å². The van der Waals surface area contributed by atoms with E-state index in [2.05, 4.69) is 13.8 Å². The Morgan fingerprint density at radius 1 is 0.672 bits per heavy atom. The molecule has 0 aromatic carbocycles. The summed E-state index contributed by atoms with van der Waals surface area (Å²) in [5, 5.41) is 10.6. The Labute approximate surface area is 365 Å². The van der Waals surface area contributed by atoms with E-state index >= 15 is 0 Å². The molecule has 0 amide bonds. The summed E-state index contributed by atoms with van der Waals surface area (Å²) in [6.07, 6.45) is 16.5. The third-order valence-corrected chi connectivity index (χ3v) is 18.0. The van der Waals surface area contributed by atoms with Crippen LogP contribution in [0.1, 0.15) is 178 Å². The number of rotatable bonds is 12. The quantitative estimate of drug-likeness (QED) is 0.148. The molecule has 11 heteroatoms. The molecule has 11 rings (SSSR count). The van der Waals surface area contributed by atoms with Crippen LogP contribution in [-0.4, -0.2) is 70.6 Å². The van der Waals surface area contributed by atoms with E-state index in [1.807, 2.05) is 41.5 Å². The average molecular weight is 855 g/mol. The smallest absolute Gasteiger partial charge is 0.344 e. The van der Waals surface area contributed by atoms with Crippen molar-refractivity contribution >= 4 is 29.8 Å². The molecule has 10 saturated carbocycles. The van der Waals surface area contributed by atoms with Gasteiger partial charge in [0.1, 0.15) is 23.4 Å². The van der Waals surface area contributed by atoms with Gasteiger partial charge in [0.25, 0.3) is 0 Å². The van der Waals surface area contributed by atoms with E-state index in [0.29, 0.717) is 36.5 Å². The van der Waals surface area contributed by atoms with E-state index in [0.717, 1.165) is 69.6 Å². The van der Waals surface area contributed by atoms with Crippen LogP contribution >= 0.6 is 0 Å². The van der Waals surface area contributed by atoms with Gasteiger partial charge >= 0.3 is 29.8 Å². The van der Waals surface area contributed by atoms with Crippen LogP contribution in [0.4, 0.5) is 0 Å². The lowest BCUT2D eigenvalue weighted by Gasteiger charge is -2.60. The van der Waals surface area contributed by atoms with Gasteiger partial charge in [-0.1, -0.05) is 27.7 Å². The standard InChI is InChI=1S/C18H30O2.C16H22O6.C16H26O3/c1-5-17(3,4)16(19)20-18(6-2)14-8-12-7-13(10-14)11-15(18)9-12;1-4-16(2,3)15(19)20-7-11(17)21-12-8-5-9-10(6-8)14(18)22-13(9)12;1-4-14(2,3)13(17)19-16-8-11-5-12(9-16)7-15(18,6-11)10-16/h12-15H,5-11H2,1-4H3;8-10,12-13H,4-7H2,1-3H3;11-12,18H,4-10H2,1-3H3. The third kappa shape index (κ3) is 8.91. The Bertz CT molecular complexity index is 1650. The van der Waals surface area contributed by atoms with Crippen molar-refractivity contribution in [1.29, 1.82) is 0 Å². The second-order valence-corrected chi connectivity index (χ2v) is 23.4. The van der Waals surface area contributed by atoms with Crippen LogP contribution in [0.5, 0.6) is 0 Å². The lowest BCUT2D eigenvalue weighted by molar-refractivity contribution is -0.225. The highest BCUT2D eigenvalue weighted by atomic mass is 16.6. The van der Waals surface area contributed by atoms with E-state index in [1.54, 1.807) is 13.8 Å². The molecule has 0 spiro atoms. The minimum atomic E-state index is -0.610. The van der Waals surface area contributed by atoms with Crippen molar-refractivity contribution < 1.29 is 52.8 Å². The van der Waals surface area contributed by atoms with Gasteiger partial charge in [-0.25, -0.2) is 4.79 Å². The number of esters is 5. The summed E-state index contributed by atoms with van der Waals surface area (Å²) in [6.45, 7) is 19.3. The fourth-order valence-electron chi connectivity index (χ4n) is 13.7. The molecule has 11 nitrogen and oxygen atoms in total. The van der Waals surface area contributed by atoms with E-state index in [-0.39, 0.29) is 71.1 Å². The Hall–Kier alpha value is -2.69. The van der Waals surface area contributed by atoms with Gasteiger partial charge in [0.05, 0.1) is 27.8 Å². The monoisotopic (exact) mass is 855 g/mol. The topological polar surface area (TPSA) is 152 Å². The summed E-state index contributed by atoms with van der Waals surface area (Å²) in [5.74, 6) is 3.44. The first kappa shape index (κ1) is 46.3. The fraction of sp³-hybridized carbons (Fsp3) is 0.900. The summed E-state index contributed by atoms with van der Waals surface area (Å²) in [4.78, 5) is 60.4. The lowest BCUT2D eigenvalue weighted by atomic mass is 9.49. The molecule has 11 aliphatic rings. The van der Waals surface area contributed by atoms with Gasteiger partial charge in [0.2, 0.25) is 0 Å². The van der Waals surface area contributed by atoms with Crippen LogP contribution in [0, 0.1) is 69.5 Å². The van der Waals surface area contributed by atoms with Crippen LogP contribution in [-0.2, 0) is 47.7 Å². The minimum Gasteiger partial charge on any atom is -0.459 e. The third-order valence-electron chi connectivity index (χ3n) is 18.0. The first-order chi connectivity index (χ1) is 28.5. The van der Waals surface area contributed by atoms with Crippen molar-refractivity contribution in [2.24, 2.45) is 69.5 Å². The fourth-order valence-corrected chi connectivity index (χ4v) is 13.7. The summed E-state index contributed by atoms with van der Waals surface area (Å²) >= 11 is 0. The molecule has 10 bridgehead atoms. The second-order valence-electron chi connectivity index (χ2n) is 23.4. The minimum absolute atomic E-state index is 0.00636. The van der Waals surface area contributed by atoms with E-state index in [9.17, 15) is 29.1 Å². The highest BCUT2D eigenvalue weighted by molar-refractivity contribution is 5.80. The first-order valence-corrected chi connectivity index (χ1v) is 24.3. The molecule has 344 valence electrons. The number of hydrogen-bond acceptors (Lipinski definition) is 11. The van der Waals surface area contributed by atoms with Gasteiger partial charge in [-0.05, 0) is 180 Å². The van der Waals surface area contributed by atoms with Crippen LogP contribution in [0.2, 0.25) is 0 Å². The largest absolute Gasteiger partial charge is 0.459 e. The SMILES string of the molecule is CCC(C)(C)C(=O)OC1(CC)C2CC3CC(C2)CC1C3.CCC(C)(C)C(=O)OC12CC3CC(CC(O)(C3)C1)C2.CCC(C)(C)C(=O)OCC(=O)OC1C2CC3C(=O)OC1C3C2. The molecule has 1 saturated heterocycles. The molecule has 0 aromatic heterocycles. The molecule has 1 heterocycles. The van der Waals surface area contributed by atoms with Gasteiger partial charge < -0.3 is 28.8 Å². The highest BCUT2D eigenvalue weighted by Crippen LogP contribution is 2.62. The van der Waals surface area contributed by atoms with Gasteiger partial charge in [0, 0.05) is 18.3 Å². The number of carbonyl (C=O) groups excluding carboxylic acids is 5. The molecule has 7 unspecified atom stereocenters. The maximum Gasteiger partial charge on any atom is 0.344 e. The zero-order valence-electron chi connectivity index (χ0n) is 39.1. The molecule has 0 aromatic rings. The Balaban J connectivity index is 0.000000138. The molecule has 11 fully saturated rings. The molecular weight excluding hydrogens is 777 g/mol. The lowest BCUT2D eigenvalue weighted by Crippen LogP contribution is -2.61. The predicted molar refractivity (Wildman–Crippen MR) is 227 cm³/mol. The molecule has 1 aliphatic heterocycles. The Kier molecular flexibility index (Phi) is 12.7. The van der Waals surface area contributed by atoms with Crippen molar-refractivity contribution in [2.75, 3.05) is 6.61 Å². The van der Waals surface area contributed by atoms with Gasteiger partial charge in [-0.3, -0.25) is 19.2 Å². The number of ether oxygens (including phenoxy) is 5. The summed E-state index contributed by atoms with van der Waals surface area (Å²) in [5.41, 5.74) is -2.40. The number of carbonyl (C=O) groups is 5. The number of fused-ring (bicyclic) bond motifs is 1. The number of hydrogen-bond donors (Lipinski definition) is 1. The van der Waals surface area contributed by atoms with Crippen molar-refractivity contribution in [1.82, 2.24) is 0 Å². The van der Waals surface area contributed by atoms with Gasteiger partial charge in [0.15, 0.2) is 6.61 Å². The first-order valence-electron chi connectivity index (χ1n) is 24.3. The van der Waals surface area contributed by atoms with Crippen molar-refractivity contribution in [2.45, 2.75) is 207 Å². The normalized spacial score (nSPS) is 40.6.